The van der Waals surface area contributed by atoms with E-state index in [1.54, 1.807) is 10.9 Å². The Hall–Kier alpha value is -2.38. The Morgan fingerprint density at radius 3 is 3.04 bits per heavy atom. The first-order valence-corrected chi connectivity index (χ1v) is 8.54. The summed E-state index contributed by atoms with van der Waals surface area (Å²) in [6.45, 7) is 4.20. The van der Waals surface area contributed by atoms with E-state index in [0.717, 1.165) is 23.6 Å². The molecule has 8 heteroatoms. The molecule has 2 heterocycles. The van der Waals surface area contributed by atoms with Gasteiger partial charge in [0.25, 0.3) is 0 Å². The standard InChI is InChI=1S/C17H17ClN4O2S/c1-3-16-20-21-17(25)22(16)19-9-12-7-8-13(24-12)10-23-15-6-4-5-14(18)11(15)2/h4-9H,3,10H2,1-2H3,(H,21,25). The normalized spacial score (nSPS) is 11.3. The van der Waals surface area contributed by atoms with Gasteiger partial charge in [-0.2, -0.15) is 14.9 Å². The van der Waals surface area contributed by atoms with E-state index in [9.17, 15) is 0 Å². The average Bonchev–Trinajstić information content (AvgIpc) is 3.20. The van der Waals surface area contributed by atoms with Crippen molar-refractivity contribution in [1.82, 2.24) is 14.9 Å². The SMILES string of the molecule is CCc1n[nH]c(=S)n1N=Cc1ccc(COc2cccc(Cl)c2C)o1. The summed E-state index contributed by atoms with van der Waals surface area (Å²) in [5, 5.41) is 11.8. The molecule has 6 nitrogen and oxygen atoms in total. The monoisotopic (exact) mass is 376 g/mol. The number of halogens is 1. The summed E-state index contributed by atoms with van der Waals surface area (Å²) < 4.78 is 13.5. The van der Waals surface area contributed by atoms with Crippen LogP contribution in [0.1, 0.15) is 29.8 Å². The fourth-order valence-electron chi connectivity index (χ4n) is 2.22. The Bertz CT molecular complexity index is 958. The van der Waals surface area contributed by atoms with E-state index in [2.05, 4.69) is 15.3 Å². The van der Waals surface area contributed by atoms with Crippen LogP contribution in [-0.2, 0) is 13.0 Å². The third kappa shape index (κ3) is 4.00. The number of nitrogens with zero attached hydrogens (tertiary/aromatic N) is 3. The zero-order valence-corrected chi connectivity index (χ0v) is 15.4. The molecule has 0 aliphatic carbocycles. The lowest BCUT2D eigenvalue weighted by Gasteiger charge is -2.08. The molecule has 0 aliphatic rings. The van der Waals surface area contributed by atoms with Crippen LogP contribution in [0.15, 0.2) is 39.9 Å². The topological polar surface area (TPSA) is 68.3 Å². The van der Waals surface area contributed by atoms with Crippen LogP contribution >= 0.6 is 23.8 Å². The van der Waals surface area contributed by atoms with Crippen LogP contribution in [0.5, 0.6) is 5.75 Å². The van der Waals surface area contributed by atoms with Crippen LogP contribution in [0.2, 0.25) is 5.02 Å². The molecule has 0 bridgehead atoms. The van der Waals surface area contributed by atoms with Crippen LogP contribution in [0.25, 0.3) is 0 Å². The van der Waals surface area contributed by atoms with E-state index >= 15 is 0 Å². The second-order valence-corrected chi connectivity index (χ2v) is 6.10. The quantitative estimate of drug-likeness (QED) is 0.507. The Labute approximate surface area is 155 Å². The van der Waals surface area contributed by atoms with Gasteiger partial charge in [-0.15, -0.1) is 0 Å². The third-order valence-corrected chi connectivity index (χ3v) is 4.28. The van der Waals surface area contributed by atoms with Crippen LogP contribution in [0, 0.1) is 11.7 Å². The van der Waals surface area contributed by atoms with Gasteiger partial charge in [0, 0.05) is 17.0 Å². The summed E-state index contributed by atoms with van der Waals surface area (Å²) in [5.41, 5.74) is 0.902. The van der Waals surface area contributed by atoms with Gasteiger partial charge >= 0.3 is 0 Å². The number of benzene rings is 1. The largest absolute Gasteiger partial charge is 0.485 e. The van der Waals surface area contributed by atoms with Crippen LogP contribution < -0.4 is 4.74 Å². The summed E-state index contributed by atoms with van der Waals surface area (Å²) in [6.07, 6.45) is 2.32. The Morgan fingerprint density at radius 1 is 1.40 bits per heavy atom. The number of rotatable bonds is 6. The first-order chi connectivity index (χ1) is 12.1. The number of H-pyrrole nitrogens is 1. The molecule has 0 aliphatic heterocycles. The fourth-order valence-corrected chi connectivity index (χ4v) is 2.59. The van der Waals surface area contributed by atoms with Gasteiger partial charge < -0.3 is 9.15 Å². The smallest absolute Gasteiger partial charge is 0.216 e. The van der Waals surface area contributed by atoms with E-state index in [1.807, 2.05) is 44.2 Å². The Kier molecular flexibility index (Phi) is 5.35. The van der Waals surface area contributed by atoms with E-state index in [-0.39, 0.29) is 0 Å². The molecule has 0 unspecified atom stereocenters. The predicted octanol–water partition coefficient (Wildman–Crippen LogP) is 4.52. The number of nitrogens with one attached hydrogen (secondary N) is 1. The van der Waals surface area contributed by atoms with Gasteiger partial charge in [-0.25, -0.2) is 0 Å². The van der Waals surface area contributed by atoms with Gasteiger partial charge in [0.15, 0.2) is 5.82 Å². The number of furan rings is 1. The number of hydrogen-bond donors (Lipinski definition) is 1. The fraction of sp³-hybridized carbons (Fsp3) is 0.235. The zero-order valence-electron chi connectivity index (χ0n) is 13.8. The summed E-state index contributed by atoms with van der Waals surface area (Å²) in [5.74, 6) is 2.78. The molecule has 0 fully saturated rings. The van der Waals surface area contributed by atoms with Gasteiger partial charge in [-0.05, 0) is 43.4 Å². The van der Waals surface area contributed by atoms with E-state index < -0.39 is 0 Å². The van der Waals surface area contributed by atoms with Crippen molar-refractivity contribution in [3.8, 4) is 5.75 Å². The molecule has 1 aromatic carbocycles. The lowest BCUT2D eigenvalue weighted by atomic mass is 10.2. The molecule has 1 N–H and O–H groups in total. The number of hydrogen-bond acceptors (Lipinski definition) is 5. The number of aromatic nitrogens is 3. The summed E-state index contributed by atoms with van der Waals surface area (Å²) in [6, 6.07) is 9.22. The summed E-state index contributed by atoms with van der Waals surface area (Å²) in [7, 11) is 0. The molecule has 3 aromatic rings. The molecular formula is C17H17ClN4O2S. The summed E-state index contributed by atoms with van der Waals surface area (Å²) in [4.78, 5) is 0. The van der Waals surface area contributed by atoms with Crippen molar-refractivity contribution in [1.29, 1.82) is 0 Å². The minimum Gasteiger partial charge on any atom is -0.485 e. The average molecular weight is 377 g/mol. The van der Waals surface area contributed by atoms with Gasteiger partial charge in [0.2, 0.25) is 4.77 Å². The lowest BCUT2D eigenvalue weighted by Crippen LogP contribution is -1.97. The van der Waals surface area contributed by atoms with Crippen molar-refractivity contribution in [3.63, 3.8) is 0 Å². The van der Waals surface area contributed by atoms with Crippen LogP contribution in [-0.4, -0.2) is 21.1 Å². The Balaban J connectivity index is 1.68. The van der Waals surface area contributed by atoms with Crippen LogP contribution in [0.3, 0.4) is 0 Å². The highest BCUT2D eigenvalue weighted by Crippen LogP contribution is 2.25. The van der Waals surface area contributed by atoms with Crippen molar-refractivity contribution in [2.24, 2.45) is 5.10 Å². The molecule has 0 radical (unpaired) electrons. The van der Waals surface area contributed by atoms with Crippen molar-refractivity contribution in [2.75, 3.05) is 0 Å². The predicted molar refractivity (Wildman–Crippen MR) is 99.0 cm³/mol. The van der Waals surface area contributed by atoms with Crippen molar-refractivity contribution in [2.45, 2.75) is 26.9 Å². The minimum atomic E-state index is 0.306. The molecule has 0 spiro atoms. The number of aryl methyl sites for hydroxylation is 1. The first-order valence-electron chi connectivity index (χ1n) is 7.75. The van der Waals surface area contributed by atoms with Gasteiger partial charge in [0.1, 0.15) is 23.9 Å². The molecule has 2 aromatic heterocycles. The van der Waals surface area contributed by atoms with Gasteiger partial charge in [-0.1, -0.05) is 24.6 Å². The second kappa shape index (κ2) is 7.67. The van der Waals surface area contributed by atoms with Crippen LogP contribution in [0.4, 0.5) is 0 Å². The Morgan fingerprint density at radius 2 is 2.24 bits per heavy atom. The molecular weight excluding hydrogens is 360 g/mol. The van der Waals surface area contributed by atoms with Crippen molar-refractivity contribution in [3.05, 3.63) is 63.0 Å². The maximum Gasteiger partial charge on any atom is 0.216 e. The lowest BCUT2D eigenvalue weighted by molar-refractivity contribution is 0.268. The molecule has 0 amide bonds. The first kappa shape index (κ1) is 17.4. The van der Waals surface area contributed by atoms with E-state index in [1.165, 1.54) is 0 Å². The maximum atomic E-state index is 6.09. The third-order valence-electron chi connectivity index (χ3n) is 3.60. The van der Waals surface area contributed by atoms with Crippen molar-refractivity contribution < 1.29 is 9.15 Å². The molecule has 0 atom stereocenters. The van der Waals surface area contributed by atoms with Gasteiger partial charge in [-0.3, -0.25) is 5.10 Å². The zero-order chi connectivity index (χ0) is 17.8. The number of aromatic amines is 1. The second-order valence-electron chi connectivity index (χ2n) is 5.31. The van der Waals surface area contributed by atoms with E-state index in [0.29, 0.717) is 27.9 Å². The molecule has 3 rings (SSSR count). The van der Waals surface area contributed by atoms with E-state index in [4.69, 9.17) is 33.0 Å². The number of ether oxygens (including phenoxy) is 1. The minimum absolute atomic E-state index is 0.306. The highest BCUT2D eigenvalue weighted by molar-refractivity contribution is 7.71. The molecule has 0 saturated heterocycles. The van der Waals surface area contributed by atoms with Crippen molar-refractivity contribution >= 4 is 30.0 Å². The molecule has 0 saturated carbocycles. The highest BCUT2D eigenvalue weighted by Gasteiger charge is 2.06. The maximum absolute atomic E-state index is 6.09. The summed E-state index contributed by atoms with van der Waals surface area (Å²) >= 11 is 11.2. The molecule has 130 valence electrons. The van der Waals surface area contributed by atoms with Gasteiger partial charge in [0.05, 0.1) is 6.21 Å². The highest BCUT2D eigenvalue weighted by atomic mass is 35.5. The molecule has 25 heavy (non-hydrogen) atoms.